The molecule has 10 rings (SSSR count). The van der Waals surface area contributed by atoms with Gasteiger partial charge in [-0.15, -0.1) is 0 Å². The molecule has 20 heteroatoms. The Hall–Kier alpha value is -7.61. The van der Waals surface area contributed by atoms with Crippen molar-refractivity contribution in [1.29, 1.82) is 0 Å². The van der Waals surface area contributed by atoms with Crippen LogP contribution in [-0.4, -0.2) is 82.3 Å². The van der Waals surface area contributed by atoms with Gasteiger partial charge in [-0.1, -0.05) is 24.3 Å². The monoisotopic (exact) mass is 1000 g/mol. The molecular weight excluding hydrogens is 949 g/mol. The summed E-state index contributed by atoms with van der Waals surface area (Å²) in [6.45, 7) is 4.64. The van der Waals surface area contributed by atoms with Gasteiger partial charge in [-0.05, 0) is 143 Å². The smallest absolute Gasteiger partial charge is 0.349 e. The number of rotatable bonds is 11. The zero-order valence-corrected chi connectivity index (χ0v) is 40.5. The first-order valence-electron chi connectivity index (χ1n) is 24.5. The van der Waals surface area contributed by atoms with Crippen LogP contribution in [0.1, 0.15) is 96.2 Å². The van der Waals surface area contributed by atoms with E-state index in [4.69, 9.17) is 0 Å². The number of halogens is 4. The fourth-order valence-corrected chi connectivity index (χ4v) is 11.3. The Morgan fingerprint density at radius 3 is 2.25 bits per heavy atom. The summed E-state index contributed by atoms with van der Waals surface area (Å²) in [6, 6.07) is 18.5. The van der Waals surface area contributed by atoms with Crippen molar-refractivity contribution >= 4 is 51.3 Å². The van der Waals surface area contributed by atoms with E-state index in [9.17, 15) is 41.9 Å². The Bertz CT molecular complexity index is 3460. The van der Waals surface area contributed by atoms with E-state index in [2.05, 4.69) is 25.9 Å². The van der Waals surface area contributed by atoms with Crippen LogP contribution in [0.15, 0.2) is 94.8 Å². The van der Waals surface area contributed by atoms with E-state index in [0.29, 0.717) is 41.7 Å². The van der Waals surface area contributed by atoms with E-state index in [0.717, 1.165) is 74.6 Å². The molecule has 1 aliphatic carbocycles. The Morgan fingerprint density at radius 1 is 0.836 bits per heavy atom. The number of nitrogens with zero attached hydrogens (tertiary/aromatic N) is 7. The van der Waals surface area contributed by atoms with Crippen molar-refractivity contribution in [3.05, 3.63) is 134 Å². The molecule has 4 aromatic carbocycles. The molecular formula is C53H54F4N10O6. The van der Waals surface area contributed by atoms with Crippen LogP contribution >= 0.6 is 0 Å². The number of aromatic nitrogens is 6. The van der Waals surface area contributed by atoms with Crippen molar-refractivity contribution in [3.8, 4) is 16.9 Å². The summed E-state index contributed by atoms with van der Waals surface area (Å²) >= 11 is 0. The van der Waals surface area contributed by atoms with Gasteiger partial charge in [0.2, 0.25) is 11.8 Å². The standard InChI is InChI=1S/C53H54F4N10O6/c1-4-65-43(31-8-11-37(12-9-31)66-30-58-63(3)51(66)73)27-33-26-34(53(55,56)57)28-39(45(33)65)48(70)60-36-10-13-40(54)38(29-36)47(69)59-35-16-19-52(20-17-35)21-24-64(25-22-52)23-18-32-6-5-7-41-46(32)62(2)50(72)67(41)42-14-15-44(68)61-49(42)71/h5-13,26-30,35,42H,4,14-25H2,1-3H3,(H,59,69)(H,60,70)(H,61,68,71). The third-order valence-corrected chi connectivity index (χ3v) is 15.3. The Labute approximate surface area is 415 Å². The molecule has 5 heterocycles. The lowest BCUT2D eigenvalue weighted by molar-refractivity contribution is -0.138. The molecule has 0 radical (unpaired) electrons. The molecule has 7 aromatic rings. The minimum absolute atomic E-state index is 0.0267. The number of amides is 4. The van der Waals surface area contributed by atoms with Gasteiger partial charge in [0.1, 0.15) is 18.2 Å². The number of imidazole rings is 1. The molecule has 1 atom stereocenters. The first kappa shape index (κ1) is 49.0. The predicted octanol–water partition coefficient (Wildman–Crippen LogP) is 7.25. The topological polar surface area (TPSA) is 179 Å². The van der Waals surface area contributed by atoms with Crippen LogP contribution in [0.25, 0.3) is 38.9 Å². The molecule has 3 fully saturated rings. The number of para-hydroxylation sites is 1. The van der Waals surface area contributed by atoms with E-state index in [-0.39, 0.29) is 75.8 Å². The second kappa shape index (κ2) is 19.1. The lowest BCUT2D eigenvalue weighted by Crippen LogP contribution is -2.46. The predicted molar refractivity (Wildman–Crippen MR) is 265 cm³/mol. The van der Waals surface area contributed by atoms with Gasteiger partial charge in [-0.2, -0.15) is 18.3 Å². The van der Waals surface area contributed by atoms with Crippen LogP contribution in [0.5, 0.6) is 0 Å². The molecule has 3 N–H and O–H groups in total. The molecule has 0 bridgehead atoms. The lowest BCUT2D eigenvalue weighted by atomic mass is 9.67. The van der Waals surface area contributed by atoms with Gasteiger partial charge in [0, 0.05) is 56.4 Å². The average molecular weight is 1000 g/mol. The third-order valence-electron chi connectivity index (χ3n) is 15.3. The van der Waals surface area contributed by atoms with Gasteiger partial charge < -0.3 is 20.1 Å². The van der Waals surface area contributed by atoms with Crippen molar-refractivity contribution in [3.63, 3.8) is 0 Å². The Balaban J connectivity index is 0.776. The normalized spacial score (nSPS) is 17.7. The highest BCUT2D eigenvalue weighted by atomic mass is 19.4. The maximum absolute atomic E-state index is 15.4. The fraction of sp³-hybridized carbons (Fsp3) is 0.377. The van der Waals surface area contributed by atoms with Crippen molar-refractivity contribution in [2.75, 3.05) is 25.0 Å². The summed E-state index contributed by atoms with van der Waals surface area (Å²) in [7, 11) is 3.23. The largest absolute Gasteiger partial charge is 0.416 e. The molecule has 16 nitrogen and oxygen atoms in total. The maximum atomic E-state index is 15.4. The summed E-state index contributed by atoms with van der Waals surface area (Å²) in [5, 5.41) is 12.1. The van der Waals surface area contributed by atoms with Gasteiger partial charge in [-0.25, -0.2) is 23.2 Å². The molecule has 2 aliphatic heterocycles. The first-order valence-corrected chi connectivity index (χ1v) is 24.5. The fourth-order valence-electron chi connectivity index (χ4n) is 11.3. The zero-order chi connectivity index (χ0) is 51.5. The molecule has 1 saturated carbocycles. The number of hydrogen-bond acceptors (Lipinski definition) is 8. The van der Waals surface area contributed by atoms with Crippen molar-refractivity contribution in [2.45, 2.75) is 89.5 Å². The number of alkyl halides is 3. The minimum atomic E-state index is -4.78. The van der Waals surface area contributed by atoms with E-state index in [1.807, 2.05) is 18.2 Å². The van der Waals surface area contributed by atoms with Crippen LogP contribution in [0.3, 0.4) is 0 Å². The third kappa shape index (κ3) is 9.27. The second-order valence-electron chi connectivity index (χ2n) is 19.6. The average Bonchev–Trinajstić information content (AvgIpc) is 4.01. The summed E-state index contributed by atoms with van der Waals surface area (Å²) in [6.07, 6.45) is 2.84. The van der Waals surface area contributed by atoms with Crippen molar-refractivity contribution in [2.24, 2.45) is 19.5 Å². The number of imide groups is 1. The lowest BCUT2D eigenvalue weighted by Gasteiger charge is -2.46. The number of aryl methyl sites for hydroxylation is 3. The number of benzene rings is 4. The van der Waals surface area contributed by atoms with Gasteiger partial charge in [0.25, 0.3) is 11.8 Å². The first-order chi connectivity index (χ1) is 34.9. The summed E-state index contributed by atoms with van der Waals surface area (Å²) < 4.78 is 65.8. The number of fused-ring (bicyclic) bond motifs is 2. The van der Waals surface area contributed by atoms with Crippen LogP contribution in [0, 0.1) is 11.2 Å². The molecule has 380 valence electrons. The van der Waals surface area contributed by atoms with Crippen molar-refractivity contribution in [1.82, 2.24) is 43.6 Å². The van der Waals surface area contributed by atoms with Gasteiger partial charge in [0.15, 0.2) is 0 Å². The van der Waals surface area contributed by atoms with E-state index in [1.54, 1.807) is 53.4 Å². The number of hydrogen-bond donors (Lipinski definition) is 3. The Morgan fingerprint density at radius 2 is 1.58 bits per heavy atom. The van der Waals surface area contributed by atoms with Crippen LogP contribution < -0.4 is 27.3 Å². The Kier molecular flexibility index (Phi) is 12.8. The highest BCUT2D eigenvalue weighted by molar-refractivity contribution is 6.13. The quantitative estimate of drug-likeness (QED) is 0.0896. The molecule has 3 aromatic heterocycles. The van der Waals surface area contributed by atoms with Gasteiger partial charge >= 0.3 is 17.6 Å². The number of anilines is 1. The van der Waals surface area contributed by atoms with E-state index in [1.165, 1.54) is 39.3 Å². The maximum Gasteiger partial charge on any atom is 0.416 e. The molecule has 2 saturated heterocycles. The molecule has 1 unspecified atom stereocenters. The number of nitrogens with one attached hydrogen (secondary N) is 3. The van der Waals surface area contributed by atoms with Gasteiger partial charge in [0.05, 0.1) is 38.9 Å². The highest BCUT2D eigenvalue weighted by Gasteiger charge is 2.39. The second-order valence-corrected chi connectivity index (χ2v) is 19.6. The number of carbonyl (C=O) groups is 4. The summed E-state index contributed by atoms with van der Waals surface area (Å²) in [5.41, 5.74) is 2.27. The van der Waals surface area contributed by atoms with Crippen molar-refractivity contribution < 1.29 is 36.7 Å². The number of carbonyl (C=O) groups excluding carboxylic acids is 4. The molecule has 73 heavy (non-hydrogen) atoms. The number of piperidine rings is 2. The summed E-state index contributed by atoms with van der Waals surface area (Å²) in [4.78, 5) is 80.6. The van der Waals surface area contributed by atoms with E-state index >= 15 is 4.39 Å². The van der Waals surface area contributed by atoms with E-state index < -0.39 is 41.3 Å². The van der Waals surface area contributed by atoms with Crippen LogP contribution in [-0.2, 0) is 42.8 Å². The van der Waals surface area contributed by atoms with Crippen LogP contribution in [0.4, 0.5) is 23.2 Å². The molecule has 4 amide bonds. The zero-order valence-electron chi connectivity index (χ0n) is 40.5. The minimum Gasteiger partial charge on any atom is -0.349 e. The molecule has 3 aliphatic rings. The number of likely N-dealkylation sites (tertiary alicyclic amines) is 1. The molecule has 1 spiro atoms. The summed E-state index contributed by atoms with van der Waals surface area (Å²) in [5.74, 6) is -3.16. The van der Waals surface area contributed by atoms with Crippen LogP contribution in [0.2, 0.25) is 0 Å². The highest BCUT2D eigenvalue weighted by Crippen LogP contribution is 2.45. The van der Waals surface area contributed by atoms with Gasteiger partial charge in [-0.3, -0.25) is 33.6 Å². The SMILES string of the molecule is CCn1c(-c2ccc(-n3cnn(C)c3=O)cc2)cc2cc(C(F)(F)F)cc(C(=O)Nc3ccc(F)c(C(=O)NC4CCC5(CC4)CCN(CCc4cccc6c4n(C)c(=O)n6C4CCC(=O)NC4=O)CC5)c3)c21.